The number of nitrogens with zero attached hydrogens (tertiary/aromatic N) is 7. The average molecular weight is 299 g/mol. The van der Waals surface area contributed by atoms with Crippen LogP contribution in [-0.2, 0) is 13.1 Å². The Hall–Kier alpha value is -2.02. The van der Waals surface area contributed by atoms with E-state index in [-0.39, 0.29) is 6.04 Å². The number of fused-ring (bicyclic) bond motifs is 1. The Bertz CT molecular complexity index is 630. The van der Waals surface area contributed by atoms with Gasteiger partial charge in [0.05, 0.1) is 6.04 Å². The zero-order valence-corrected chi connectivity index (χ0v) is 12.9. The van der Waals surface area contributed by atoms with Gasteiger partial charge in [0.2, 0.25) is 5.95 Å². The van der Waals surface area contributed by atoms with Gasteiger partial charge in [-0.05, 0) is 19.8 Å². The molecule has 1 saturated heterocycles. The summed E-state index contributed by atoms with van der Waals surface area (Å²) in [5.41, 5.74) is 1.16. The van der Waals surface area contributed by atoms with Crippen molar-refractivity contribution in [3.63, 3.8) is 0 Å². The maximum Gasteiger partial charge on any atom is 0.225 e. The maximum atomic E-state index is 4.54. The molecule has 0 radical (unpaired) electrons. The van der Waals surface area contributed by atoms with Crippen LogP contribution in [0.15, 0.2) is 18.7 Å². The third-order valence-corrected chi connectivity index (χ3v) is 4.66. The van der Waals surface area contributed by atoms with Gasteiger partial charge in [-0.3, -0.25) is 4.90 Å². The Balaban J connectivity index is 1.45. The first-order chi connectivity index (χ1) is 10.8. The molecule has 0 spiro atoms. The summed E-state index contributed by atoms with van der Waals surface area (Å²) in [6.45, 7) is 7.14. The van der Waals surface area contributed by atoms with Gasteiger partial charge in [0, 0.05) is 50.7 Å². The lowest BCUT2D eigenvalue weighted by atomic mass is 10.2. The minimum absolute atomic E-state index is 0.273. The first-order valence-electron chi connectivity index (χ1n) is 7.99. The number of rotatable bonds is 3. The molecule has 2 aromatic heterocycles. The van der Waals surface area contributed by atoms with E-state index in [2.05, 4.69) is 41.5 Å². The van der Waals surface area contributed by atoms with Gasteiger partial charge in [0.25, 0.3) is 0 Å². The van der Waals surface area contributed by atoms with E-state index in [1.165, 1.54) is 12.8 Å². The fraction of sp³-hybridized carbons (Fsp3) is 0.600. The van der Waals surface area contributed by atoms with E-state index in [1.807, 2.05) is 18.7 Å². The van der Waals surface area contributed by atoms with Crippen LogP contribution in [0.5, 0.6) is 0 Å². The molecule has 7 nitrogen and oxygen atoms in total. The van der Waals surface area contributed by atoms with Gasteiger partial charge in [0.15, 0.2) is 0 Å². The van der Waals surface area contributed by atoms with Crippen molar-refractivity contribution in [2.75, 3.05) is 24.5 Å². The number of aromatic nitrogens is 5. The van der Waals surface area contributed by atoms with Crippen molar-refractivity contribution in [1.82, 2.24) is 29.6 Å². The van der Waals surface area contributed by atoms with Crippen LogP contribution in [0.4, 0.5) is 5.95 Å². The molecule has 0 amide bonds. The van der Waals surface area contributed by atoms with Crippen LogP contribution in [0.3, 0.4) is 0 Å². The lowest BCUT2D eigenvalue weighted by Gasteiger charge is -2.32. The molecule has 116 valence electrons. The summed E-state index contributed by atoms with van der Waals surface area (Å²) in [5.74, 6) is 1.91. The third-order valence-electron chi connectivity index (χ3n) is 4.66. The molecule has 0 aliphatic carbocycles. The van der Waals surface area contributed by atoms with Gasteiger partial charge in [-0.2, -0.15) is 0 Å². The van der Waals surface area contributed by atoms with Gasteiger partial charge in [0.1, 0.15) is 12.2 Å². The minimum atomic E-state index is 0.273. The monoisotopic (exact) mass is 299 g/mol. The molecule has 4 rings (SSSR count). The fourth-order valence-corrected chi connectivity index (χ4v) is 3.31. The van der Waals surface area contributed by atoms with Crippen LogP contribution in [0.2, 0.25) is 0 Å². The van der Waals surface area contributed by atoms with Crippen molar-refractivity contribution in [2.24, 2.45) is 0 Å². The van der Waals surface area contributed by atoms with Crippen LogP contribution in [-0.4, -0.2) is 49.3 Å². The standard InChI is InChI=1S/C15H21N7/c1-12-14-19-18-11-22(14)7-6-21(12)10-13-8-16-15(17-9-13)20-4-2-3-5-20/h8-9,11-12H,2-7,10H2,1H3. The van der Waals surface area contributed by atoms with Crippen molar-refractivity contribution in [1.29, 1.82) is 0 Å². The molecule has 22 heavy (non-hydrogen) atoms. The van der Waals surface area contributed by atoms with Gasteiger partial charge in [-0.15, -0.1) is 10.2 Å². The SMILES string of the molecule is CC1c2nncn2CCN1Cc1cnc(N2CCCC2)nc1. The zero-order valence-electron chi connectivity index (χ0n) is 12.9. The smallest absolute Gasteiger partial charge is 0.225 e. The molecule has 0 saturated carbocycles. The van der Waals surface area contributed by atoms with E-state index >= 15 is 0 Å². The molecular weight excluding hydrogens is 278 g/mol. The van der Waals surface area contributed by atoms with Crippen LogP contribution in [0.1, 0.15) is 37.2 Å². The summed E-state index contributed by atoms with van der Waals surface area (Å²) in [4.78, 5) is 13.7. The summed E-state index contributed by atoms with van der Waals surface area (Å²) < 4.78 is 2.13. The Kier molecular flexibility index (Phi) is 3.49. The second-order valence-electron chi connectivity index (χ2n) is 6.11. The summed E-state index contributed by atoms with van der Waals surface area (Å²) in [6, 6.07) is 0.273. The maximum absolute atomic E-state index is 4.54. The van der Waals surface area contributed by atoms with Crippen molar-refractivity contribution >= 4 is 5.95 Å². The summed E-state index contributed by atoms with van der Waals surface area (Å²) >= 11 is 0. The van der Waals surface area contributed by atoms with Crippen molar-refractivity contribution in [2.45, 2.75) is 38.9 Å². The van der Waals surface area contributed by atoms with Crippen LogP contribution < -0.4 is 4.90 Å². The summed E-state index contributed by atoms with van der Waals surface area (Å²) in [5, 5.41) is 8.24. The topological polar surface area (TPSA) is 63.0 Å². The highest BCUT2D eigenvalue weighted by molar-refractivity contribution is 5.31. The average Bonchev–Trinajstić information content (AvgIpc) is 3.22. The Morgan fingerprint density at radius 2 is 1.86 bits per heavy atom. The Morgan fingerprint density at radius 3 is 2.64 bits per heavy atom. The van der Waals surface area contributed by atoms with Gasteiger partial charge in [-0.1, -0.05) is 0 Å². The van der Waals surface area contributed by atoms with Crippen molar-refractivity contribution in [3.8, 4) is 0 Å². The third kappa shape index (κ3) is 2.45. The lowest BCUT2D eigenvalue weighted by molar-refractivity contribution is 0.156. The van der Waals surface area contributed by atoms with Crippen LogP contribution in [0, 0.1) is 0 Å². The molecule has 4 heterocycles. The Morgan fingerprint density at radius 1 is 1.09 bits per heavy atom. The molecule has 2 aliphatic rings. The van der Waals surface area contributed by atoms with E-state index in [1.54, 1.807) is 0 Å². The second-order valence-corrected chi connectivity index (χ2v) is 6.11. The van der Waals surface area contributed by atoms with Crippen molar-refractivity contribution < 1.29 is 0 Å². The lowest BCUT2D eigenvalue weighted by Crippen LogP contribution is -2.36. The fourth-order valence-electron chi connectivity index (χ4n) is 3.31. The molecule has 2 aliphatic heterocycles. The number of anilines is 1. The van der Waals surface area contributed by atoms with E-state index in [4.69, 9.17) is 0 Å². The van der Waals surface area contributed by atoms with E-state index in [0.29, 0.717) is 0 Å². The predicted molar refractivity (Wildman–Crippen MR) is 82.3 cm³/mol. The van der Waals surface area contributed by atoms with Crippen LogP contribution in [0.25, 0.3) is 0 Å². The molecular formula is C15H21N7. The van der Waals surface area contributed by atoms with E-state index < -0.39 is 0 Å². The molecule has 2 aromatic rings. The molecule has 1 unspecified atom stereocenters. The first kappa shape index (κ1) is 13.6. The summed E-state index contributed by atoms with van der Waals surface area (Å²) in [6.07, 6.45) is 8.24. The molecule has 0 bridgehead atoms. The number of hydrogen-bond donors (Lipinski definition) is 0. The summed E-state index contributed by atoms with van der Waals surface area (Å²) in [7, 11) is 0. The predicted octanol–water partition coefficient (Wildman–Crippen LogP) is 1.25. The van der Waals surface area contributed by atoms with E-state index in [0.717, 1.165) is 50.1 Å². The highest BCUT2D eigenvalue weighted by Crippen LogP contribution is 2.24. The molecule has 1 atom stereocenters. The number of hydrogen-bond acceptors (Lipinski definition) is 6. The quantitative estimate of drug-likeness (QED) is 0.850. The molecule has 7 heteroatoms. The van der Waals surface area contributed by atoms with Crippen molar-refractivity contribution in [3.05, 3.63) is 30.1 Å². The van der Waals surface area contributed by atoms with Crippen LogP contribution >= 0.6 is 0 Å². The molecule has 0 N–H and O–H groups in total. The first-order valence-corrected chi connectivity index (χ1v) is 7.99. The molecule has 0 aromatic carbocycles. The highest BCUT2D eigenvalue weighted by Gasteiger charge is 2.25. The minimum Gasteiger partial charge on any atom is -0.341 e. The zero-order chi connectivity index (χ0) is 14.9. The normalized spacial score (nSPS) is 22.0. The Labute approximate surface area is 130 Å². The van der Waals surface area contributed by atoms with Gasteiger partial charge >= 0.3 is 0 Å². The largest absolute Gasteiger partial charge is 0.341 e. The highest BCUT2D eigenvalue weighted by atomic mass is 15.3. The van der Waals surface area contributed by atoms with Gasteiger partial charge < -0.3 is 9.47 Å². The van der Waals surface area contributed by atoms with Gasteiger partial charge in [-0.25, -0.2) is 9.97 Å². The molecule has 1 fully saturated rings. The second kappa shape index (κ2) is 5.64. The van der Waals surface area contributed by atoms with E-state index in [9.17, 15) is 0 Å².